The lowest BCUT2D eigenvalue weighted by atomic mass is 9.87. The molecule has 2 aliphatic rings. The first-order valence-electron chi connectivity index (χ1n) is 5.79. The van der Waals surface area contributed by atoms with Gasteiger partial charge in [0.1, 0.15) is 0 Å². The standard InChI is InChI=1S/C12H22O3/c1-7-6-8(11(2,3)13)10-9(7)14-12(4,5)15-10/h7-10,13H,6H2,1-5H3/t7-,8+,9+,10-/m1/s1. The number of fused-ring (bicyclic) bond motifs is 1. The van der Waals surface area contributed by atoms with E-state index in [-0.39, 0.29) is 18.1 Å². The average Bonchev–Trinajstić information content (AvgIpc) is 2.45. The van der Waals surface area contributed by atoms with Crippen LogP contribution in [0.15, 0.2) is 0 Å². The number of hydrogen-bond donors (Lipinski definition) is 1. The summed E-state index contributed by atoms with van der Waals surface area (Å²) < 4.78 is 11.8. The highest BCUT2D eigenvalue weighted by Gasteiger charge is 2.55. The fourth-order valence-electron chi connectivity index (χ4n) is 2.93. The van der Waals surface area contributed by atoms with E-state index in [9.17, 15) is 5.11 Å². The van der Waals surface area contributed by atoms with Crippen LogP contribution in [0.2, 0.25) is 0 Å². The van der Waals surface area contributed by atoms with Crippen molar-refractivity contribution in [2.24, 2.45) is 11.8 Å². The molecule has 0 bridgehead atoms. The summed E-state index contributed by atoms with van der Waals surface area (Å²) in [6, 6.07) is 0. The summed E-state index contributed by atoms with van der Waals surface area (Å²) in [7, 11) is 0. The fourth-order valence-corrected chi connectivity index (χ4v) is 2.93. The molecule has 2 fully saturated rings. The monoisotopic (exact) mass is 214 g/mol. The smallest absolute Gasteiger partial charge is 0.163 e. The van der Waals surface area contributed by atoms with Crippen LogP contribution in [0, 0.1) is 11.8 Å². The Morgan fingerprint density at radius 2 is 1.73 bits per heavy atom. The van der Waals surface area contributed by atoms with Gasteiger partial charge in [-0.15, -0.1) is 0 Å². The highest BCUT2D eigenvalue weighted by atomic mass is 16.8. The average molecular weight is 214 g/mol. The Morgan fingerprint density at radius 3 is 2.27 bits per heavy atom. The van der Waals surface area contributed by atoms with Crippen LogP contribution >= 0.6 is 0 Å². The van der Waals surface area contributed by atoms with Crippen molar-refractivity contribution in [2.45, 2.75) is 64.6 Å². The van der Waals surface area contributed by atoms with Crippen molar-refractivity contribution in [2.75, 3.05) is 0 Å². The van der Waals surface area contributed by atoms with E-state index in [0.717, 1.165) is 6.42 Å². The van der Waals surface area contributed by atoms with Gasteiger partial charge in [0.25, 0.3) is 0 Å². The molecule has 4 atom stereocenters. The second-order valence-electron chi connectivity index (χ2n) is 6.04. The first kappa shape index (κ1) is 11.4. The summed E-state index contributed by atoms with van der Waals surface area (Å²) in [5.41, 5.74) is -0.683. The quantitative estimate of drug-likeness (QED) is 0.725. The van der Waals surface area contributed by atoms with E-state index >= 15 is 0 Å². The van der Waals surface area contributed by atoms with Gasteiger partial charge in [0.15, 0.2) is 5.79 Å². The molecule has 2 rings (SSSR count). The summed E-state index contributed by atoms with van der Waals surface area (Å²) in [6.45, 7) is 9.79. The van der Waals surface area contributed by atoms with Crippen LogP contribution in [-0.2, 0) is 9.47 Å². The Labute approximate surface area is 91.8 Å². The Kier molecular flexibility index (Phi) is 2.42. The summed E-state index contributed by atoms with van der Waals surface area (Å²) in [5.74, 6) is 0.153. The van der Waals surface area contributed by atoms with Crippen molar-refractivity contribution in [3.63, 3.8) is 0 Å². The predicted molar refractivity (Wildman–Crippen MR) is 57.4 cm³/mol. The first-order chi connectivity index (χ1) is 6.71. The predicted octanol–water partition coefficient (Wildman–Crippen LogP) is 1.93. The largest absolute Gasteiger partial charge is 0.390 e. The van der Waals surface area contributed by atoms with Gasteiger partial charge in [-0.25, -0.2) is 0 Å². The second-order valence-corrected chi connectivity index (χ2v) is 6.04. The second kappa shape index (κ2) is 3.19. The van der Waals surface area contributed by atoms with Gasteiger partial charge >= 0.3 is 0 Å². The summed E-state index contributed by atoms with van der Waals surface area (Å²) in [4.78, 5) is 0. The third-order valence-electron chi connectivity index (χ3n) is 3.65. The molecule has 0 aromatic rings. The molecule has 88 valence electrons. The van der Waals surface area contributed by atoms with Crippen LogP contribution in [-0.4, -0.2) is 28.7 Å². The normalized spacial score (nSPS) is 44.4. The number of ether oxygens (including phenoxy) is 2. The van der Waals surface area contributed by atoms with Gasteiger partial charge in [0.05, 0.1) is 17.8 Å². The maximum atomic E-state index is 10.1. The van der Waals surface area contributed by atoms with Gasteiger partial charge in [-0.2, -0.15) is 0 Å². The molecule has 1 aliphatic carbocycles. The van der Waals surface area contributed by atoms with Crippen LogP contribution in [0.5, 0.6) is 0 Å². The van der Waals surface area contributed by atoms with Crippen LogP contribution in [0.1, 0.15) is 41.0 Å². The molecule has 3 heteroatoms. The van der Waals surface area contributed by atoms with Gasteiger partial charge in [-0.1, -0.05) is 6.92 Å². The van der Waals surface area contributed by atoms with Gasteiger partial charge in [0, 0.05) is 5.92 Å². The molecule has 0 unspecified atom stereocenters. The summed E-state index contributed by atoms with van der Waals surface area (Å²) in [6.07, 6.45) is 1.18. The molecule has 1 saturated heterocycles. The molecule has 0 amide bonds. The van der Waals surface area contributed by atoms with Crippen molar-refractivity contribution in [1.82, 2.24) is 0 Å². The zero-order valence-electron chi connectivity index (χ0n) is 10.3. The minimum absolute atomic E-state index is 0.0509. The fraction of sp³-hybridized carbons (Fsp3) is 1.00. The van der Waals surface area contributed by atoms with E-state index in [0.29, 0.717) is 5.92 Å². The lowest BCUT2D eigenvalue weighted by molar-refractivity contribution is -0.169. The van der Waals surface area contributed by atoms with Gasteiger partial charge in [-0.3, -0.25) is 0 Å². The Balaban J connectivity index is 2.20. The molecule has 1 saturated carbocycles. The van der Waals surface area contributed by atoms with Gasteiger partial charge in [0.2, 0.25) is 0 Å². The Hall–Kier alpha value is -0.120. The highest BCUT2D eigenvalue weighted by molar-refractivity contribution is 5.01. The zero-order valence-corrected chi connectivity index (χ0v) is 10.3. The van der Waals surface area contributed by atoms with Crippen LogP contribution in [0.4, 0.5) is 0 Å². The first-order valence-corrected chi connectivity index (χ1v) is 5.79. The number of hydrogen-bond acceptors (Lipinski definition) is 3. The van der Waals surface area contributed by atoms with Crippen molar-refractivity contribution < 1.29 is 14.6 Å². The molecule has 1 heterocycles. The topological polar surface area (TPSA) is 38.7 Å². The molecular weight excluding hydrogens is 192 g/mol. The Morgan fingerprint density at radius 1 is 1.20 bits per heavy atom. The molecule has 1 N–H and O–H groups in total. The lowest BCUT2D eigenvalue weighted by Gasteiger charge is -2.30. The summed E-state index contributed by atoms with van der Waals surface area (Å²) >= 11 is 0. The SMILES string of the molecule is C[C@@H]1C[C@H](C(C)(C)O)[C@H]2OC(C)(C)O[C@H]21. The maximum Gasteiger partial charge on any atom is 0.163 e. The van der Waals surface area contributed by atoms with Gasteiger partial charge < -0.3 is 14.6 Å². The summed E-state index contributed by atoms with van der Waals surface area (Å²) in [5, 5.41) is 10.1. The molecule has 0 aromatic carbocycles. The molecule has 0 aromatic heterocycles. The van der Waals surface area contributed by atoms with E-state index in [2.05, 4.69) is 6.92 Å². The lowest BCUT2D eigenvalue weighted by Crippen LogP contribution is -2.39. The van der Waals surface area contributed by atoms with Crippen molar-refractivity contribution >= 4 is 0 Å². The molecule has 15 heavy (non-hydrogen) atoms. The van der Waals surface area contributed by atoms with Crippen LogP contribution < -0.4 is 0 Å². The highest BCUT2D eigenvalue weighted by Crippen LogP contribution is 2.47. The van der Waals surface area contributed by atoms with Gasteiger partial charge in [-0.05, 0) is 40.0 Å². The zero-order chi connectivity index (χ0) is 11.4. The molecule has 0 radical (unpaired) electrons. The van der Waals surface area contributed by atoms with Crippen molar-refractivity contribution in [3.8, 4) is 0 Å². The van der Waals surface area contributed by atoms with Crippen LogP contribution in [0.25, 0.3) is 0 Å². The maximum absolute atomic E-state index is 10.1. The molecule has 1 aliphatic heterocycles. The minimum Gasteiger partial charge on any atom is -0.390 e. The van der Waals surface area contributed by atoms with Crippen molar-refractivity contribution in [3.05, 3.63) is 0 Å². The number of rotatable bonds is 1. The van der Waals surface area contributed by atoms with E-state index < -0.39 is 11.4 Å². The third kappa shape index (κ3) is 1.93. The van der Waals surface area contributed by atoms with E-state index in [1.165, 1.54) is 0 Å². The van der Waals surface area contributed by atoms with Crippen LogP contribution in [0.3, 0.4) is 0 Å². The molecular formula is C12H22O3. The van der Waals surface area contributed by atoms with E-state index in [4.69, 9.17) is 9.47 Å². The minimum atomic E-state index is -0.683. The van der Waals surface area contributed by atoms with Crippen molar-refractivity contribution in [1.29, 1.82) is 0 Å². The Bertz CT molecular complexity index is 254. The molecule has 0 spiro atoms. The van der Waals surface area contributed by atoms with E-state index in [1.807, 2.05) is 27.7 Å². The molecule has 3 nitrogen and oxygen atoms in total. The third-order valence-corrected chi connectivity index (χ3v) is 3.65. The number of aliphatic hydroxyl groups is 1. The van der Waals surface area contributed by atoms with E-state index in [1.54, 1.807) is 0 Å².